The second-order valence-electron chi connectivity index (χ2n) is 6.75. The minimum Gasteiger partial charge on any atom is -0.374 e. The fourth-order valence-electron chi connectivity index (χ4n) is 3.13. The molecule has 1 amide bonds. The molecule has 3 aromatic rings. The predicted octanol–water partition coefficient (Wildman–Crippen LogP) is 2.07. The molecule has 1 aliphatic heterocycles. The number of benzene rings is 1. The molecule has 4 rings (SSSR count). The van der Waals surface area contributed by atoms with Gasteiger partial charge in [0.1, 0.15) is 6.54 Å². The second-order valence-corrected chi connectivity index (χ2v) is 8.55. The monoisotopic (exact) mass is 432 g/mol. The fraction of sp³-hybridized carbons (Fsp3) is 0.368. The molecule has 0 spiro atoms. The van der Waals surface area contributed by atoms with Gasteiger partial charge in [0.15, 0.2) is 0 Å². The highest BCUT2D eigenvalue weighted by atomic mass is 35.5. The SMILES string of the molecule is O=C(Cn1nnc(-c2ccccc2)n1)NC[C@H]1CN(Cc2ccc(Cl)s2)CCO1. The van der Waals surface area contributed by atoms with Crippen LogP contribution in [0.25, 0.3) is 11.4 Å². The van der Waals surface area contributed by atoms with E-state index in [2.05, 4.69) is 25.6 Å². The number of amides is 1. The maximum atomic E-state index is 12.3. The zero-order valence-corrected chi connectivity index (χ0v) is 17.3. The molecule has 0 aliphatic carbocycles. The van der Waals surface area contributed by atoms with Crippen molar-refractivity contribution in [3.8, 4) is 11.4 Å². The first-order chi connectivity index (χ1) is 14.2. The van der Waals surface area contributed by atoms with E-state index in [0.29, 0.717) is 19.0 Å². The van der Waals surface area contributed by atoms with Crippen molar-refractivity contribution in [3.05, 3.63) is 51.7 Å². The van der Waals surface area contributed by atoms with Crippen LogP contribution < -0.4 is 5.32 Å². The van der Waals surface area contributed by atoms with Crippen LogP contribution in [-0.2, 0) is 22.6 Å². The van der Waals surface area contributed by atoms with Crippen molar-refractivity contribution < 1.29 is 9.53 Å². The van der Waals surface area contributed by atoms with Crippen LogP contribution in [0.2, 0.25) is 4.34 Å². The molecular formula is C19H21ClN6O2S. The molecule has 3 heterocycles. The van der Waals surface area contributed by atoms with Crippen molar-refractivity contribution in [2.45, 2.75) is 19.2 Å². The molecule has 0 radical (unpaired) electrons. The van der Waals surface area contributed by atoms with Crippen molar-refractivity contribution in [1.29, 1.82) is 0 Å². The lowest BCUT2D eigenvalue weighted by atomic mass is 10.2. The summed E-state index contributed by atoms with van der Waals surface area (Å²) in [5.74, 6) is 0.325. The van der Waals surface area contributed by atoms with Gasteiger partial charge in [0.05, 0.1) is 17.0 Å². The van der Waals surface area contributed by atoms with Crippen molar-refractivity contribution in [1.82, 2.24) is 30.4 Å². The normalized spacial score (nSPS) is 17.3. The quantitative estimate of drug-likeness (QED) is 0.615. The molecule has 10 heteroatoms. The van der Waals surface area contributed by atoms with Crippen LogP contribution in [0.5, 0.6) is 0 Å². The number of nitrogens with one attached hydrogen (secondary N) is 1. The highest BCUT2D eigenvalue weighted by molar-refractivity contribution is 7.16. The summed E-state index contributed by atoms with van der Waals surface area (Å²) < 4.78 is 6.58. The molecule has 2 aromatic heterocycles. The van der Waals surface area contributed by atoms with Gasteiger partial charge >= 0.3 is 0 Å². The lowest BCUT2D eigenvalue weighted by Crippen LogP contribution is -2.47. The number of hydrogen-bond donors (Lipinski definition) is 1. The minimum absolute atomic E-state index is 0.0178. The average Bonchev–Trinajstić information content (AvgIpc) is 3.36. The smallest absolute Gasteiger partial charge is 0.243 e. The first-order valence-electron chi connectivity index (χ1n) is 9.34. The summed E-state index contributed by atoms with van der Waals surface area (Å²) in [5, 5.41) is 15.1. The Hall–Kier alpha value is -2.33. The van der Waals surface area contributed by atoms with Crippen LogP contribution in [0.4, 0.5) is 0 Å². The number of thiophene rings is 1. The Bertz CT molecular complexity index is 947. The van der Waals surface area contributed by atoms with Gasteiger partial charge in [0, 0.05) is 36.6 Å². The number of ether oxygens (including phenoxy) is 1. The lowest BCUT2D eigenvalue weighted by Gasteiger charge is -2.32. The Morgan fingerprint density at radius 3 is 2.93 bits per heavy atom. The van der Waals surface area contributed by atoms with Crippen LogP contribution in [-0.4, -0.2) is 63.4 Å². The summed E-state index contributed by atoms with van der Waals surface area (Å²) in [6.45, 7) is 3.58. The van der Waals surface area contributed by atoms with E-state index < -0.39 is 0 Å². The molecule has 1 aromatic carbocycles. The van der Waals surface area contributed by atoms with Gasteiger partial charge in [-0.15, -0.1) is 21.5 Å². The second kappa shape index (κ2) is 9.45. The summed E-state index contributed by atoms with van der Waals surface area (Å²) in [6.07, 6.45) is -0.0493. The maximum Gasteiger partial charge on any atom is 0.243 e. The van der Waals surface area contributed by atoms with Gasteiger partial charge in [0.2, 0.25) is 11.7 Å². The number of halogens is 1. The molecule has 1 aliphatic rings. The summed E-state index contributed by atoms with van der Waals surface area (Å²) in [5.41, 5.74) is 0.863. The minimum atomic E-state index is -0.173. The number of rotatable bonds is 7. The van der Waals surface area contributed by atoms with E-state index in [-0.39, 0.29) is 18.6 Å². The standard InChI is InChI=1S/C19H21ClN6O2S/c20-17-7-6-16(29-17)12-25-8-9-28-15(11-25)10-21-18(27)13-26-23-19(22-24-26)14-4-2-1-3-5-14/h1-7,15H,8-13H2,(H,21,27)/t15-/m0/s1. The largest absolute Gasteiger partial charge is 0.374 e. The van der Waals surface area contributed by atoms with E-state index in [9.17, 15) is 4.79 Å². The molecular weight excluding hydrogens is 412 g/mol. The molecule has 8 nitrogen and oxygen atoms in total. The third-order valence-electron chi connectivity index (χ3n) is 4.53. The number of morpholine rings is 1. The van der Waals surface area contributed by atoms with Crippen molar-refractivity contribution in [2.75, 3.05) is 26.2 Å². The number of tetrazole rings is 1. The van der Waals surface area contributed by atoms with Crippen LogP contribution in [0.3, 0.4) is 0 Å². The zero-order valence-electron chi connectivity index (χ0n) is 15.7. The van der Waals surface area contributed by atoms with Gasteiger partial charge in [-0.05, 0) is 17.3 Å². The van der Waals surface area contributed by atoms with Crippen LogP contribution in [0.1, 0.15) is 4.88 Å². The molecule has 29 heavy (non-hydrogen) atoms. The van der Waals surface area contributed by atoms with E-state index in [1.54, 1.807) is 11.3 Å². The molecule has 0 unspecified atom stereocenters. The van der Waals surface area contributed by atoms with E-state index >= 15 is 0 Å². The maximum absolute atomic E-state index is 12.3. The molecule has 1 N–H and O–H groups in total. The Morgan fingerprint density at radius 2 is 2.14 bits per heavy atom. The van der Waals surface area contributed by atoms with Gasteiger partial charge in [-0.25, -0.2) is 0 Å². The highest BCUT2D eigenvalue weighted by Gasteiger charge is 2.21. The van der Waals surface area contributed by atoms with Crippen molar-refractivity contribution in [2.24, 2.45) is 0 Å². The molecule has 152 valence electrons. The molecule has 0 bridgehead atoms. The van der Waals surface area contributed by atoms with Gasteiger partial charge < -0.3 is 10.1 Å². The lowest BCUT2D eigenvalue weighted by molar-refractivity contribution is -0.123. The topological polar surface area (TPSA) is 85.2 Å². The van der Waals surface area contributed by atoms with Gasteiger partial charge in [-0.2, -0.15) is 4.80 Å². The first kappa shape index (κ1) is 20.0. The third kappa shape index (κ3) is 5.60. The van der Waals surface area contributed by atoms with Crippen molar-refractivity contribution >= 4 is 28.8 Å². The van der Waals surface area contributed by atoms with E-state index in [4.69, 9.17) is 16.3 Å². The summed E-state index contributed by atoms with van der Waals surface area (Å²) in [4.78, 5) is 17.1. The number of hydrogen-bond acceptors (Lipinski definition) is 7. The molecule has 0 saturated carbocycles. The Labute approximate surface area is 177 Å². The Kier molecular flexibility index (Phi) is 6.50. The van der Waals surface area contributed by atoms with Gasteiger partial charge in [0.25, 0.3) is 0 Å². The number of aromatic nitrogens is 4. The Morgan fingerprint density at radius 1 is 1.28 bits per heavy atom. The van der Waals surface area contributed by atoms with Gasteiger partial charge in [-0.3, -0.25) is 9.69 Å². The van der Waals surface area contributed by atoms with Crippen LogP contribution in [0.15, 0.2) is 42.5 Å². The number of nitrogens with zero attached hydrogens (tertiary/aromatic N) is 5. The fourth-order valence-corrected chi connectivity index (χ4v) is 4.26. The zero-order chi connectivity index (χ0) is 20.1. The number of carbonyl (C=O) groups is 1. The van der Waals surface area contributed by atoms with E-state index in [1.165, 1.54) is 9.67 Å². The highest BCUT2D eigenvalue weighted by Crippen LogP contribution is 2.23. The number of carbonyl (C=O) groups excluding carboxylic acids is 1. The summed E-state index contributed by atoms with van der Waals surface area (Å²) in [6, 6.07) is 13.5. The predicted molar refractivity (Wildman–Crippen MR) is 111 cm³/mol. The Balaban J connectivity index is 1.23. The van der Waals surface area contributed by atoms with Crippen molar-refractivity contribution in [3.63, 3.8) is 0 Å². The summed E-state index contributed by atoms with van der Waals surface area (Å²) in [7, 11) is 0. The molecule has 1 saturated heterocycles. The third-order valence-corrected chi connectivity index (χ3v) is 5.74. The van der Waals surface area contributed by atoms with Gasteiger partial charge in [-0.1, -0.05) is 41.9 Å². The van der Waals surface area contributed by atoms with Crippen LogP contribution >= 0.6 is 22.9 Å². The molecule has 1 fully saturated rings. The molecule has 1 atom stereocenters. The van der Waals surface area contributed by atoms with Crippen LogP contribution in [0, 0.1) is 0 Å². The summed E-state index contributed by atoms with van der Waals surface area (Å²) >= 11 is 7.60. The average molecular weight is 433 g/mol. The van der Waals surface area contributed by atoms with E-state index in [1.807, 2.05) is 42.5 Å². The van der Waals surface area contributed by atoms with E-state index in [0.717, 1.165) is 29.5 Å². The first-order valence-corrected chi connectivity index (χ1v) is 10.5.